The van der Waals surface area contributed by atoms with Crippen LogP contribution in [0.15, 0.2) is 42.4 Å². The minimum atomic E-state index is 0.889. The van der Waals surface area contributed by atoms with Crippen LogP contribution in [0.3, 0.4) is 0 Å². The van der Waals surface area contributed by atoms with Crippen molar-refractivity contribution in [2.45, 2.75) is 19.8 Å². The Labute approximate surface area is 83.9 Å². The minimum Gasteiger partial charge on any atom is -0.462 e. The van der Waals surface area contributed by atoms with Crippen LogP contribution in [0.5, 0.6) is 5.75 Å². The van der Waals surface area contributed by atoms with Gasteiger partial charge in [0, 0.05) is 24.4 Å². The summed E-state index contributed by atoms with van der Waals surface area (Å²) in [5.74, 6) is 1.94. The summed E-state index contributed by atoms with van der Waals surface area (Å²) < 4.78 is 5.69. The summed E-state index contributed by atoms with van der Waals surface area (Å²) >= 11 is 0. The van der Waals surface area contributed by atoms with Crippen molar-refractivity contribution in [2.75, 3.05) is 0 Å². The average Bonchev–Trinajstić information content (AvgIpc) is 2.19. The lowest BCUT2D eigenvalue weighted by atomic mass is 10.00. The van der Waals surface area contributed by atoms with Gasteiger partial charge in [-0.3, -0.25) is 4.98 Å². The summed E-state index contributed by atoms with van der Waals surface area (Å²) in [6.45, 7) is 5.74. The maximum absolute atomic E-state index is 5.69. The molecule has 0 fully saturated rings. The van der Waals surface area contributed by atoms with E-state index in [0.717, 1.165) is 29.9 Å². The molecule has 72 valence electrons. The van der Waals surface area contributed by atoms with Gasteiger partial charge in [0.15, 0.2) is 0 Å². The van der Waals surface area contributed by atoms with Gasteiger partial charge in [0.2, 0.25) is 0 Å². The van der Waals surface area contributed by atoms with Gasteiger partial charge >= 0.3 is 0 Å². The van der Waals surface area contributed by atoms with E-state index in [1.54, 1.807) is 6.20 Å². The third-order valence-electron chi connectivity index (χ3n) is 2.41. The van der Waals surface area contributed by atoms with Gasteiger partial charge in [0.1, 0.15) is 11.5 Å². The van der Waals surface area contributed by atoms with Crippen molar-refractivity contribution in [3.05, 3.63) is 48.0 Å². The number of allylic oxidation sites excluding steroid dienone is 3. The zero-order chi connectivity index (χ0) is 9.97. The van der Waals surface area contributed by atoms with Crippen molar-refractivity contribution in [1.82, 2.24) is 4.98 Å². The van der Waals surface area contributed by atoms with Crippen LogP contribution >= 0.6 is 0 Å². The molecule has 0 N–H and O–H groups in total. The van der Waals surface area contributed by atoms with E-state index in [-0.39, 0.29) is 0 Å². The fraction of sp³-hybridized carbons (Fsp3) is 0.250. The molecule has 1 aliphatic rings. The molecule has 2 rings (SSSR count). The summed E-state index contributed by atoms with van der Waals surface area (Å²) in [6, 6.07) is 1.91. The predicted octanol–water partition coefficient (Wildman–Crippen LogP) is 2.87. The fourth-order valence-corrected chi connectivity index (χ4v) is 1.63. The van der Waals surface area contributed by atoms with Gasteiger partial charge in [-0.1, -0.05) is 6.08 Å². The first-order valence-electron chi connectivity index (χ1n) is 4.71. The van der Waals surface area contributed by atoms with E-state index in [9.17, 15) is 0 Å². The van der Waals surface area contributed by atoms with Crippen molar-refractivity contribution in [3.63, 3.8) is 0 Å². The van der Waals surface area contributed by atoms with Crippen LogP contribution in [-0.4, -0.2) is 4.98 Å². The number of ether oxygens (including phenoxy) is 1. The Bertz CT molecular complexity index is 393. The number of rotatable bonds is 2. The largest absolute Gasteiger partial charge is 0.462 e. The second kappa shape index (κ2) is 3.66. The Kier molecular flexibility index (Phi) is 2.35. The number of hydrogen-bond acceptors (Lipinski definition) is 2. The summed E-state index contributed by atoms with van der Waals surface area (Å²) in [7, 11) is 0. The Balaban J connectivity index is 2.31. The molecule has 14 heavy (non-hydrogen) atoms. The van der Waals surface area contributed by atoms with Gasteiger partial charge in [-0.25, -0.2) is 0 Å². The first-order chi connectivity index (χ1) is 6.81. The molecule has 1 aromatic rings. The number of pyridine rings is 1. The van der Waals surface area contributed by atoms with Crippen LogP contribution in [0.1, 0.15) is 18.9 Å². The van der Waals surface area contributed by atoms with Crippen LogP contribution < -0.4 is 4.74 Å². The lowest BCUT2D eigenvalue weighted by Gasteiger charge is -2.20. The van der Waals surface area contributed by atoms with E-state index in [2.05, 4.69) is 11.6 Å². The number of fused-ring (bicyclic) bond motifs is 1. The summed E-state index contributed by atoms with van der Waals surface area (Å²) in [4.78, 5) is 4.09. The Morgan fingerprint density at radius 3 is 3.29 bits per heavy atom. The molecule has 2 heteroatoms. The highest BCUT2D eigenvalue weighted by Crippen LogP contribution is 2.30. The first-order valence-corrected chi connectivity index (χ1v) is 4.71. The zero-order valence-corrected chi connectivity index (χ0v) is 8.29. The highest BCUT2D eigenvalue weighted by Gasteiger charge is 2.15. The van der Waals surface area contributed by atoms with Gasteiger partial charge in [-0.15, -0.1) is 6.58 Å². The van der Waals surface area contributed by atoms with Crippen molar-refractivity contribution in [1.29, 1.82) is 0 Å². The molecule has 2 heterocycles. The monoisotopic (exact) mass is 187 g/mol. The van der Waals surface area contributed by atoms with E-state index in [0.29, 0.717) is 0 Å². The second-order valence-electron chi connectivity index (χ2n) is 3.41. The van der Waals surface area contributed by atoms with E-state index in [1.807, 2.05) is 25.3 Å². The third-order valence-corrected chi connectivity index (χ3v) is 2.41. The minimum absolute atomic E-state index is 0.889. The van der Waals surface area contributed by atoms with Crippen molar-refractivity contribution in [2.24, 2.45) is 0 Å². The molecule has 0 bridgehead atoms. The lowest BCUT2D eigenvalue weighted by Crippen LogP contribution is -2.08. The smallest absolute Gasteiger partial charge is 0.133 e. The van der Waals surface area contributed by atoms with Crippen LogP contribution in [0.4, 0.5) is 0 Å². The van der Waals surface area contributed by atoms with Crippen LogP contribution in [0.25, 0.3) is 0 Å². The molecule has 0 radical (unpaired) electrons. The molecule has 0 spiro atoms. The van der Waals surface area contributed by atoms with E-state index in [1.165, 1.54) is 5.57 Å². The van der Waals surface area contributed by atoms with E-state index >= 15 is 0 Å². The Morgan fingerprint density at radius 1 is 1.64 bits per heavy atom. The molecule has 0 aromatic carbocycles. The van der Waals surface area contributed by atoms with Crippen LogP contribution in [0, 0.1) is 0 Å². The quantitative estimate of drug-likeness (QED) is 0.664. The SMILES string of the molecule is C=CCC1=C(C)Oc2ccncc2C1. The second-order valence-corrected chi connectivity index (χ2v) is 3.41. The molecular formula is C12H13NO. The Morgan fingerprint density at radius 2 is 2.50 bits per heavy atom. The normalized spacial score (nSPS) is 14.6. The molecular weight excluding hydrogens is 174 g/mol. The van der Waals surface area contributed by atoms with Gasteiger partial charge in [0.25, 0.3) is 0 Å². The van der Waals surface area contributed by atoms with Crippen LogP contribution in [0.2, 0.25) is 0 Å². The van der Waals surface area contributed by atoms with Crippen molar-refractivity contribution >= 4 is 0 Å². The highest BCUT2D eigenvalue weighted by atomic mass is 16.5. The van der Waals surface area contributed by atoms with Gasteiger partial charge < -0.3 is 4.74 Å². The van der Waals surface area contributed by atoms with E-state index in [4.69, 9.17) is 4.74 Å². The predicted molar refractivity (Wildman–Crippen MR) is 56.1 cm³/mol. The number of hydrogen-bond donors (Lipinski definition) is 0. The standard InChI is InChI=1S/C12H13NO/c1-3-4-10-7-11-8-13-6-5-12(11)14-9(10)2/h3,5-6,8H,1,4,7H2,2H3. The maximum atomic E-state index is 5.69. The average molecular weight is 187 g/mol. The molecule has 1 aliphatic heterocycles. The lowest BCUT2D eigenvalue weighted by molar-refractivity contribution is 0.401. The molecule has 0 saturated heterocycles. The Hall–Kier alpha value is -1.57. The molecule has 0 amide bonds. The van der Waals surface area contributed by atoms with Gasteiger partial charge in [0.05, 0.1) is 0 Å². The van der Waals surface area contributed by atoms with Crippen molar-refractivity contribution in [3.8, 4) is 5.75 Å². The molecule has 0 atom stereocenters. The fourth-order valence-electron chi connectivity index (χ4n) is 1.63. The molecule has 0 aliphatic carbocycles. The highest BCUT2D eigenvalue weighted by molar-refractivity contribution is 5.39. The number of nitrogens with zero attached hydrogens (tertiary/aromatic N) is 1. The summed E-state index contributed by atoms with van der Waals surface area (Å²) in [5, 5.41) is 0. The van der Waals surface area contributed by atoms with Crippen molar-refractivity contribution < 1.29 is 4.74 Å². The maximum Gasteiger partial charge on any atom is 0.133 e. The first kappa shape index (κ1) is 9.00. The third kappa shape index (κ3) is 1.55. The van der Waals surface area contributed by atoms with E-state index < -0.39 is 0 Å². The molecule has 0 unspecified atom stereocenters. The zero-order valence-electron chi connectivity index (χ0n) is 8.29. The molecule has 0 saturated carbocycles. The van der Waals surface area contributed by atoms with Gasteiger partial charge in [-0.05, 0) is 25.0 Å². The topological polar surface area (TPSA) is 22.1 Å². The summed E-state index contributed by atoms with van der Waals surface area (Å²) in [5.41, 5.74) is 2.45. The summed E-state index contributed by atoms with van der Waals surface area (Å²) in [6.07, 6.45) is 7.35. The molecule has 2 nitrogen and oxygen atoms in total. The molecule has 1 aromatic heterocycles. The van der Waals surface area contributed by atoms with Gasteiger partial charge in [-0.2, -0.15) is 0 Å². The number of aromatic nitrogens is 1. The van der Waals surface area contributed by atoms with Crippen LogP contribution in [-0.2, 0) is 6.42 Å².